The van der Waals surface area contributed by atoms with E-state index in [4.69, 9.17) is 4.74 Å². The van der Waals surface area contributed by atoms with Gasteiger partial charge in [0.2, 0.25) is 0 Å². The van der Waals surface area contributed by atoms with Crippen LogP contribution in [0.1, 0.15) is 18.1 Å². The summed E-state index contributed by atoms with van der Waals surface area (Å²) in [5, 5.41) is 10.7. The van der Waals surface area contributed by atoms with Crippen LogP contribution in [-0.4, -0.2) is 11.1 Å². The molecule has 1 N–H and O–H groups in total. The minimum absolute atomic E-state index is 0.510. The molecule has 0 spiro atoms. The fraction of sp³-hybridized carbons (Fsp3) is 0.133. The summed E-state index contributed by atoms with van der Waals surface area (Å²) in [4.78, 5) is 11.2. The van der Waals surface area contributed by atoms with Crippen LogP contribution in [0.3, 0.4) is 0 Å². The van der Waals surface area contributed by atoms with Crippen molar-refractivity contribution in [2.45, 2.75) is 12.7 Å². The van der Waals surface area contributed by atoms with Crippen LogP contribution in [0.15, 0.2) is 48.5 Å². The number of esters is 1. The fourth-order valence-electron chi connectivity index (χ4n) is 2.49. The third-order valence-electron chi connectivity index (χ3n) is 3.17. The Morgan fingerprint density at radius 1 is 1.00 bits per heavy atom. The number of hydrogen-bond acceptors (Lipinski definition) is 3. The Morgan fingerprint density at radius 2 is 1.44 bits per heavy atom. The lowest BCUT2D eigenvalue weighted by molar-refractivity contribution is -0.193. The Kier molecular flexibility index (Phi) is 2.25. The van der Waals surface area contributed by atoms with Gasteiger partial charge in [-0.15, -0.1) is 0 Å². The van der Waals surface area contributed by atoms with E-state index in [1.807, 2.05) is 36.4 Å². The monoisotopic (exact) mass is 240 g/mol. The largest absolute Gasteiger partial charge is 0.424 e. The van der Waals surface area contributed by atoms with Crippen molar-refractivity contribution in [3.8, 4) is 11.1 Å². The van der Waals surface area contributed by atoms with Crippen molar-refractivity contribution in [3.63, 3.8) is 0 Å². The molecule has 90 valence electrons. The summed E-state index contributed by atoms with van der Waals surface area (Å²) in [6, 6.07) is 14.8. The summed E-state index contributed by atoms with van der Waals surface area (Å²) < 4.78 is 5.17. The first-order valence-electron chi connectivity index (χ1n) is 5.74. The van der Waals surface area contributed by atoms with E-state index in [1.54, 1.807) is 12.1 Å². The van der Waals surface area contributed by atoms with Crippen LogP contribution in [0.25, 0.3) is 11.1 Å². The number of rotatable bonds is 1. The molecular formula is C15H12O3. The highest BCUT2D eigenvalue weighted by Crippen LogP contribution is 2.47. The first kappa shape index (κ1) is 11.0. The molecule has 0 saturated carbocycles. The van der Waals surface area contributed by atoms with E-state index < -0.39 is 11.8 Å². The van der Waals surface area contributed by atoms with Crippen molar-refractivity contribution in [1.82, 2.24) is 0 Å². The fourth-order valence-corrected chi connectivity index (χ4v) is 2.49. The molecular weight excluding hydrogens is 228 g/mol. The second-order valence-electron chi connectivity index (χ2n) is 4.33. The minimum Gasteiger partial charge on any atom is -0.424 e. The summed E-state index contributed by atoms with van der Waals surface area (Å²) in [5.74, 6) is -2.18. The number of benzene rings is 2. The third-order valence-corrected chi connectivity index (χ3v) is 3.17. The van der Waals surface area contributed by atoms with Gasteiger partial charge in [-0.2, -0.15) is 0 Å². The van der Waals surface area contributed by atoms with Gasteiger partial charge in [0.15, 0.2) is 0 Å². The molecule has 3 nitrogen and oxygen atoms in total. The number of aliphatic hydroxyl groups is 1. The predicted octanol–water partition coefficient (Wildman–Crippen LogP) is 2.42. The van der Waals surface area contributed by atoms with Crippen LogP contribution in [0, 0.1) is 0 Å². The molecule has 1 aliphatic rings. The summed E-state index contributed by atoms with van der Waals surface area (Å²) in [7, 11) is 0. The lowest BCUT2D eigenvalue weighted by Gasteiger charge is -2.24. The number of carbonyl (C=O) groups excluding carboxylic acids is 1. The van der Waals surface area contributed by atoms with Gasteiger partial charge in [0.05, 0.1) is 0 Å². The van der Waals surface area contributed by atoms with Gasteiger partial charge in [0, 0.05) is 18.1 Å². The lowest BCUT2D eigenvalue weighted by Crippen LogP contribution is -2.30. The Hall–Kier alpha value is -2.13. The standard InChI is InChI=1S/C15H12O3/c1-10(16)18-15(17)13-8-4-2-6-11(13)12-7-3-5-9-14(12)15/h2-9,17H,1H3. The van der Waals surface area contributed by atoms with Crippen molar-refractivity contribution in [2.75, 3.05) is 0 Å². The lowest BCUT2D eigenvalue weighted by atomic mass is 10.0. The van der Waals surface area contributed by atoms with Crippen LogP contribution < -0.4 is 0 Å². The van der Waals surface area contributed by atoms with E-state index in [-0.39, 0.29) is 0 Å². The number of carbonyl (C=O) groups is 1. The highest BCUT2D eigenvalue weighted by atomic mass is 16.7. The van der Waals surface area contributed by atoms with Gasteiger partial charge >= 0.3 is 5.97 Å². The molecule has 18 heavy (non-hydrogen) atoms. The van der Waals surface area contributed by atoms with Crippen LogP contribution in [-0.2, 0) is 15.3 Å². The number of fused-ring (bicyclic) bond motifs is 3. The summed E-state index contributed by atoms with van der Waals surface area (Å²) in [6.45, 7) is 1.29. The molecule has 2 aromatic carbocycles. The zero-order valence-corrected chi connectivity index (χ0v) is 9.88. The van der Waals surface area contributed by atoms with Crippen molar-refractivity contribution in [1.29, 1.82) is 0 Å². The van der Waals surface area contributed by atoms with E-state index in [0.717, 1.165) is 11.1 Å². The SMILES string of the molecule is CC(=O)OC1(O)c2ccccc2-c2ccccc21. The van der Waals surface area contributed by atoms with Gasteiger partial charge in [-0.3, -0.25) is 4.79 Å². The second kappa shape index (κ2) is 3.68. The molecule has 0 bridgehead atoms. The smallest absolute Gasteiger partial charge is 0.305 e. The van der Waals surface area contributed by atoms with Crippen LogP contribution in [0.4, 0.5) is 0 Å². The van der Waals surface area contributed by atoms with Gasteiger partial charge in [-0.1, -0.05) is 48.5 Å². The van der Waals surface area contributed by atoms with Crippen molar-refractivity contribution in [3.05, 3.63) is 59.7 Å². The van der Waals surface area contributed by atoms with E-state index in [2.05, 4.69) is 0 Å². The molecule has 0 saturated heterocycles. The predicted molar refractivity (Wildman–Crippen MR) is 66.6 cm³/mol. The Bertz CT molecular complexity index is 586. The van der Waals surface area contributed by atoms with Crippen molar-refractivity contribution >= 4 is 5.97 Å². The first-order chi connectivity index (χ1) is 8.63. The Labute approximate surface area is 105 Å². The van der Waals surface area contributed by atoms with Crippen molar-refractivity contribution < 1.29 is 14.6 Å². The maximum atomic E-state index is 11.2. The number of hydrogen-bond donors (Lipinski definition) is 1. The average molecular weight is 240 g/mol. The van der Waals surface area contributed by atoms with Crippen LogP contribution >= 0.6 is 0 Å². The molecule has 0 heterocycles. The molecule has 2 aromatic rings. The molecule has 0 unspecified atom stereocenters. The molecule has 3 rings (SSSR count). The van der Waals surface area contributed by atoms with Gasteiger partial charge in [0.1, 0.15) is 0 Å². The Morgan fingerprint density at radius 3 is 1.89 bits per heavy atom. The molecule has 0 amide bonds. The molecule has 0 aromatic heterocycles. The maximum absolute atomic E-state index is 11.2. The zero-order valence-electron chi connectivity index (χ0n) is 9.88. The molecule has 3 heteroatoms. The quantitative estimate of drug-likeness (QED) is 0.615. The molecule has 1 aliphatic carbocycles. The van der Waals surface area contributed by atoms with E-state index in [0.29, 0.717) is 11.1 Å². The molecule has 0 atom stereocenters. The Balaban J connectivity index is 2.30. The van der Waals surface area contributed by atoms with Crippen LogP contribution in [0.2, 0.25) is 0 Å². The van der Waals surface area contributed by atoms with E-state index >= 15 is 0 Å². The molecule has 0 fully saturated rings. The minimum atomic E-state index is -1.67. The normalized spacial score (nSPS) is 14.8. The average Bonchev–Trinajstić information content (AvgIpc) is 2.61. The highest BCUT2D eigenvalue weighted by molar-refractivity contribution is 5.80. The highest BCUT2D eigenvalue weighted by Gasteiger charge is 2.44. The van der Waals surface area contributed by atoms with Gasteiger partial charge in [0.25, 0.3) is 5.79 Å². The third kappa shape index (κ3) is 1.38. The first-order valence-corrected chi connectivity index (χ1v) is 5.74. The van der Waals surface area contributed by atoms with Crippen molar-refractivity contribution in [2.24, 2.45) is 0 Å². The molecule has 0 aliphatic heterocycles. The summed E-state index contributed by atoms with van der Waals surface area (Å²) in [6.07, 6.45) is 0. The number of ether oxygens (including phenoxy) is 1. The maximum Gasteiger partial charge on any atom is 0.305 e. The second-order valence-corrected chi connectivity index (χ2v) is 4.33. The summed E-state index contributed by atoms with van der Waals surface area (Å²) in [5.41, 5.74) is 3.02. The van der Waals surface area contributed by atoms with Gasteiger partial charge < -0.3 is 9.84 Å². The summed E-state index contributed by atoms with van der Waals surface area (Å²) >= 11 is 0. The van der Waals surface area contributed by atoms with E-state index in [9.17, 15) is 9.90 Å². The van der Waals surface area contributed by atoms with Gasteiger partial charge in [-0.25, -0.2) is 0 Å². The zero-order chi connectivity index (χ0) is 12.8. The van der Waals surface area contributed by atoms with E-state index in [1.165, 1.54) is 6.92 Å². The van der Waals surface area contributed by atoms with Gasteiger partial charge in [-0.05, 0) is 11.1 Å². The van der Waals surface area contributed by atoms with Crippen LogP contribution in [0.5, 0.6) is 0 Å². The molecule has 0 radical (unpaired) electrons. The topological polar surface area (TPSA) is 46.5 Å².